The molecule has 2 N–H and O–H groups in total. The van der Waals surface area contributed by atoms with Crippen molar-refractivity contribution in [2.45, 2.75) is 56.6 Å². The summed E-state index contributed by atoms with van der Waals surface area (Å²) >= 11 is 0. The minimum absolute atomic E-state index is 0.0389. The molecule has 0 saturated carbocycles. The second-order valence-corrected chi connectivity index (χ2v) is 10.2. The zero-order chi connectivity index (χ0) is 18.7. The maximum Gasteiger partial charge on any atom is 0.243 e. The summed E-state index contributed by atoms with van der Waals surface area (Å²) in [4.78, 5) is 0.118. The Morgan fingerprint density at radius 1 is 1.20 bits per heavy atom. The van der Waals surface area contributed by atoms with Crippen molar-refractivity contribution in [3.05, 3.63) is 24.3 Å². The van der Waals surface area contributed by atoms with Gasteiger partial charge in [0, 0.05) is 18.3 Å². The zero-order valence-corrected chi connectivity index (χ0v) is 16.2. The van der Waals surface area contributed by atoms with E-state index in [9.17, 15) is 21.9 Å². The van der Waals surface area contributed by atoms with Gasteiger partial charge in [-0.2, -0.15) is 4.31 Å². The highest BCUT2D eigenvalue weighted by Crippen LogP contribution is 2.26. The van der Waals surface area contributed by atoms with E-state index >= 15 is 0 Å². The minimum atomic E-state index is -3.66. The molecule has 0 aromatic heterocycles. The Balaban J connectivity index is 2.13. The fourth-order valence-electron chi connectivity index (χ4n) is 2.88. The van der Waals surface area contributed by atoms with E-state index in [1.54, 1.807) is 6.92 Å². The lowest BCUT2D eigenvalue weighted by molar-refractivity contribution is 0.0867. The van der Waals surface area contributed by atoms with Crippen molar-refractivity contribution in [3.8, 4) is 0 Å². The monoisotopic (exact) mass is 390 g/mol. The number of benzene rings is 1. The van der Waals surface area contributed by atoms with Crippen molar-refractivity contribution >= 4 is 25.7 Å². The molecule has 0 bridgehead atoms. The summed E-state index contributed by atoms with van der Waals surface area (Å²) in [5, 5.41) is 9.65. The quantitative estimate of drug-likeness (QED) is 0.738. The van der Waals surface area contributed by atoms with Crippen molar-refractivity contribution in [1.82, 2.24) is 4.31 Å². The van der Waals surface area contributed by atoms with E-state index in [0.29, 0.717) is 24.9 Å². The van der Waals surface area contributed by atoms with E-state index in [1.165, 1.54) is 28.6 Å². The Morgan fingerprint density at radius 3 is 2.40 bits per heavy atom. The Morgan fingerprint density at radius 2 is 1.84 bits per heavy atom. The molecule has 1 aliphatic heterocycles. The first-order valence-electron chi connectivity index (χ1n) is 8.46. The molecule has 2 atom stereocenters. The number of aliphatic hydroxyl groups excluding tert-OH is 1. The number of nitrogens with zero attached hydrogens (tertiary/aromatic N) is 1. The van der Waals surface area contributed by atoms with Crippen molar-refractivity contribution in [3.63, 3.8) is 0 Å². The summed E-state index contributed by atoms with van der Waals surface area (Å²) in [5.74, 6) is 0.0389. The number of unbranched alkanes of at least 4 members (excludes halogenated alkanes) is 1. The molecule has 0 radical (unpaired) electrons. The number of hydrogen-bond acceptors (Lipinski definition) is 5. The van der Waals surface area contributed by atoms with Gasteiger partial charge in [0.1, 0.15) is 0 Å². The van der Waals surface area contributed by atoms with Crippen LogP contribution in [0.4, 0.5) is 5.69 Å². The summed E-state index contributed by atoms with van der Waals surface area (Å²) in [6, 6.07) is 5.45. The lowest BCUT2D eigenvalue weighted by atomic mass is 10.0. The molecule has 7 nitrogen and oxygen atoms in total. The largest absolute Gasteiger partial charge is 0.393 e. The smallest absolute Gasteiger partial charge is 0.243 e. The third kappa shape index (κ3) is 5.16. The van der Waals surface area contributed by atoms with Gasteiger partial charge in [0.2, 0.25) is 20.0 Å². The van der Waals surface area contributed by atoms with Gasteiger partial charge in [-0.25, -0.2) is 16.8 Å². The maximum atomic E-state index is 12.7. The van der Waals surface area contributed by atoms with E-state index in [0.717, 1.165) is 6.42 Å². The van der Waals surface area contributed by atoms with Gasteiger partial charge in [-0.15, -0.1) is 0 Å². The predicted octanol–water partition coefficient (Wildman–Crippen LogP) is 1.76. The first-order valence-corrected chi connectivity index (χ1v) is 11.6. The number of nitrogens with one attached hydrogen (secondary N) is 1. The van der Waals surface area contributed by atoms with Crippen LogP contribution in [0.15, 0.2) is 29.2 Å². The molecule has 0 aliphatic carbocycles. The van der Waals surface area contributed by atoms with Crippen LogP contribution in [0.3, 0.4) is 0 Å². The molecule has 0 amide bonds. The van der Waals surface area contributed by atoms with Crippen LogP contribution in [-0.4, -0.2) is 50.7 Å². The molecule has 1 aliphatic rings. The van der Waals surface area contributed by atoms with Crippen LogP contribution in [0, 0.1) is 0 Å². The molecular formula is C16H26N2O5S2. The van der Waals surface area contributed by atoms with Crippen LogP contribution in [0.5, 0.6) is 0 Å². The first kappa shape index (κ1) is 20.2. The highest BCUT2D eigenvalue weighted by Gasteiger charge is 2.33. The van der Waals surface area contributed by atoms with Gasteiger partial charge in [-0.3, -0.25) is 4.72 Å². The predicted molar refractivity (Wildman–Crippen MR) is 97.4 cm³/mol. The second-order valence-electron chi connectivity index (χ2n) is 6.44. The normalized spacial score (nSPS) is 22.7. The number of anilines is 1. The number of aliphatic hydroxyl groups is 1. The van der Waals surface area contributed by atoms with Crippen LogP contribution in [0.2, 0.25) is 0 Å². The van der Waals surface area contributed by atoms with Crippen molar-refractivity contribution < 1.29 is 21.9 Å². The highest BCUT2D eigenvalue weighted by atomic mass is 32.2. The third-order valence-corrected chi connectivity index (χ3v) is 7.69. The first-order chi connectivity index (χ1) is 11.7. The Hall–Kier alpha value is -1.16. The Kier molecular flexibility index (Phi) is 6.47. The van der Waals surface area contributed by atoms with E-state index in [-0.39, 0.29) is 23.2 Å². The second kappa shape index (κ2) is 8.03. The molecule has 25 heavy (non-hydrogen) atoms. The van der Waals surface area contributed by atoms with Crippen molar-refractivity contribution in [1.29, 1.82) is 0 Å². The van der Waals surface area contributed by atoms with E-state index < -0.39 is 26.2 Å². The fourth-order valence-corrected chi connectivity index (χ4v) is 5.80. The lowest BCUT2D eigenvalue weighted by Crippen LogP contribution is -2.45. The summed E-state index contributed by atoms with van der Waals surface area (Å²) in [7, 11) is -7.08. The standard InChI is InChI=1S/C16H26N2O5S2/c1-3-4-11-24(20,21)17-14-5-7-16(8-6-14)25(22,23)18-10-9-15(19)12-13(18)2/h5-8,13,15,17,19H,3-4,9-12H2,1-2H3. The minimum Gasteiger partial charge on any atom is -0.393 e. The molecule has 1 aromatic carbocycles. The van der Waals surface area contributed by atoms with Gasteiger partial charge in [-0.1, -0.05) is 13.3 Å². The Bertz CT molecular complexity index is 775. The van der Waals surface area contributed by atoms with E-state index in [2.05, 4.69) is 4.72 Å². The third-order valence-electron chi connectivity index (χ3n) is 4.29. The van der Waals surface area contributed by atoms with Crippen LogP contribution >= 0.6 is 0 Å². The average Bonchev–Trinajstić information content (AvgIpc) is 2.53. The van der Waals surface area contributed by atoms with Crippen LogP contribution in [0.25, 0.3) is 0 Å². The number of piperidine rings is 1. The fraction of sp³-hybridized carbons (Fsp3) is 0.625. The van der Waals surface area contributed by atoms with Gasteiger partial charge in [0.15, 0.2) is 0 Å². The van der Waals surface area contributed by atoms with Crippen LogP contribution in [0.1, 0.15) is 39.5 Å². The van der Waals surface area contributed by atoms with Gasteiger partial charge < -0.3 is 5.11 Å². The number of hydrogen-bond donors (Lipinski definition) is 2. The number of sulfonamides is 2. The maximum absolute atomic E-state index is 12.7. The summed E-state index contributed by atoms with van der Waals surface area (Å²) in [6.07, 6.45) is 1.70. The molecule has 2 rings (SSSR count). The lowest BCUT2D eigenvalue weighted by Gasteiger charge is -2.34. The molecule has 142 valence electrons. The summed E-state index contributed by atoms with van der Waals surface area (Å²) < 4.78 is 53.1. The van der Waals surface area contributed by atoms with Crippen molar-refractivity contribution in [2.75, 3.05) is 17.0 Å². The van der Waals surface area contributed by atoms with Gasteiger partial charge in [0.25, 0.3) is 0 Å². The SMILES string of the molecule is CCCCS(=O)(=O)Nc1ccc(S(=O)(=O)N2CCC(O)CC2C)cc1. The van der Waals surface area contributed by atoms with Gasteiger partial charge >= 0.3 is 0 Å². The summed E-state index contributed by atoms with van der Waals surface area (Å²) in [6.45, 7) is 3.96. The van der Waals surface area contributed by atoms with Gasteiger partial charge in [0.05, 0.1) is 16.8 Å². The molecule has 1 fully saturated rings. The molecule has 0 spiro atoms. The van der Waals surface area contributed by atoms with E-state index in [4.69, 9.17) is 0 Å². The number of rotatable bonds is 7. The van der Waals surface area contributed by atoms with Crippen LogP contribution in [-0.2, 0) is 20.0 Å². The van der Waals surface area contributed by atoms with Gasteiger partial charge in [-0.05, 0) is 50.5 Å². The molecule has 1 heterocycles. The van der Waals surface area contributed by atoms with Crippen LogP contribution < -0.4 is 4.72 Å². The average molecular weight is 391 g/mol. The molecule has 2 unspecified atom stereocenters. The highest BCUT2D eigenvalue weighted by molar-refractivity contribution is 7.92. The zero-order valence-electron chi connectivity index (χ0n) is 14.6. The summed E-state index contributed by atoms with van der Waals surface area (Å²) in [5.41, 5.74) is 0.345. The topological polar surface area (TPSA) is 104 Å². The molecule has 1 saturated heterocycles. The molecular weight excluding hydrogens is 364 g/mol. The molecule has 9 heteroatoms. The Labute approximate surface area is 150 Å². The molecule has 1 aromatic rings. The van der Waals surface area contributed by atoms with E-state index in [1.807, 2.05) is 6.92 Å². The van der Waals surface area contributed by atoms with Crippen molar-refractivity contribution in [2.24, 2.45) is 0 Å².